The summed E-state index contributed by atoms with van der Waals surface area (Å²) in [6, 6.07) is 8.11. The monoisotopic (exact) mass is 356 g/mol. The van der Waals surface area contributed by atoms with E-state index >= 15 is 0 Å². The Morgan fingerprint density at radius 3 is 2.00 bits per heavy atom. The van der Waals surface area contributed by atoms with Crippen molar-refractivity contribution in [1.29, 1.82) is 5.26 Å². The lowest BCUT2D eigenvalue weighted by molar-refractivity contribution is -0.394. The number of nitrogens with zero attached hydrogens (tertiary/aromatic N) is 4. The third-order valence-electron chi connectivity index (χ3n) is 3.32. The van der Waals surface area contributed by atoms with E-state index in [-0.39, 0.29) is 22.4 Å². The second-order valence-corrected chi connectivity index (χ2v) is 4.89. The molecular formula is C15H8N4O7. The van der Waals surface area contributed by atoms with Gasteiger partial charge in [0, 0.05) is 23.8 Å². The number of nitriles is 1. The molecule has 0 saturated heterocycles. The van der Waals surface area contributed by atoms with Gasteiger partial charge in [-0.1, -0.05) is 0 Å². The van der Waals surface area contributed by atoms with Crippen LogP contribution in [0.5, 0.6) is 5.75 Å². The maximum absolute atomic E-state index is 10.9. The minimum Gasteiger partial charge on any atom is -0.502 e. The predicted octanol–water partition coefficient (Wildman–Crippen LogP) is 3.18. The molecule has 0 aliphatic carbocycles. The number of non-ortho nitro benzene ring substituents is 2. The maximum atomic E-state index is 10.9. The zero-order valence-electron chi connectivity index (χ0n) is 12.7. The first-order valence-electron chi connectivity index (χ1n) is 6.77. The van der Waals surface area contributed by atoms with Crippen LogP contribution < -0.4 is 0 Å². The van der Waals surface area contributed by atoms with E-state index in [0.29, 0.717) is 6.07 Å². The van der Waals surface area contributed by atoms with Crippen LogP contribution in [-0.2, 0) is 0 Å². The van der Waals surface area contributed by atoms with Gasteiger partial charge in [0.1, 0.15) is 0 Å². The van der Waals surface area contributed by atoms with Crippen molar-refractivity contribution in [3.63, 3.8) is 0 Å². The summed E-state index contributed by atoms with van der Waals surface area (Å²) in [6.45, 7) is 0. The average molecular weight is 356 g/mol. The predicted molar refractivity (Wildman–Crippen MR) is 88.0 cm³/mol. The summed E-state index contributed by atoms with van der Waals surface area (Å²) >= 11 is 0. The number of rotatable bonds is 5. The third-order valence-corrected chi connectivity index (χ3v) is 3.32. The van der Waals surface area contributed by atoms with Gasteiger partial charge < -0.3 is 5.11 Å². The van der Waals surface area contributed by atoms with Gasteiger partial charge in [-0.15, -0.1) is 0 Å². The van der Waals surface area contributed by atoms with Crippen molar-refractivity contribution >= 4 is 28.7 Å². The Morgan fingerprint density at radius 1 is 0.962 bits per heavy atom. The SMILES string of the molecule is N#C/C(=C/c1cc([N+](=O)[O-])cc([N+](=O)[O-])c1O)c1ccc([N+](=O)[O-])cc1. The molecular weight excluding hydrogens is 348 g/mol. The van der Waals surface area contributed by atoms with E-state index in [1.54, 1.807) is 6.07 Å². The Labute approximate surface area is 144 Å². The van der Waals surface area contributed by atoms with Crippen LogP contribution >= 0.6 is 0 Å². The molecule has 0 unspecified atom stereocenters. The standard InChI is InChI=1S/C15H8N4O7/c16-8-11(9-1-3-12(4-2-9)17(21)22)5-10-6-13(18(23)24)7-14(15(10)20)19(25)26/h1-7,20H/b11-5-. The molecule has 0 heterocycles. The molecule has 2 aromatic carbocycles. The number of phenols is 1. The lowest BCUT2D eigenvalue weighted by atomic mass is 10.0. The molecule has 26 heavy (non-hydrogen) atoms. The molecule has 0 amide bonds. The lowest BCUT2D eigenvalue weighted by Gasteiger charge is -2.03. The van der Waals surface area contributed by atoms with Crippen LogP contribution in [0, 0.1) is 41.7 Å². The number of nitro groups is 3. The maximum Gasteiger partial charge on any atom is 0.318 e. The van der Waals surface area contributed by atoms with Gasteiger partial charge in [-0.3, -0.25) is 30.3 Å². The van der Waals surface area contributed by atoms with E-state index in [1.807, 2.05) is 0 Å². The van der Waals surface area contributed by atoms with Gasteiger partial charge in [-0.05, 0) is 23.8 Å². The fourth-order valence-corrected chi connectivity index (χ4v) is 2.08. The van der Waals surface area contributed by atoms with Gasteiger partial charge in [-0.2, -0.15) is 5.26 Å². The molecule has 0 aliphatic heterocycles. The first-order valence-corrected chi connectivity index (χ1v) is 6.77. The second kappa shape index (κ2) is 7.05. The van der Waals surface area contributed by atoms with Crippen molar-refractivity contribution in [3.05, 3.63) is 77.9 Å². The number of benzene rings is 2. The highest BCUT2D eigenvalue weighted by molar-refractivity contribution is 5.91. The molecule has 2 aromatic rings. The molecule has 2 rings (SSSR count). The smallest absolute Gasteiger partial charge is 0.318 e. The van der Waals surface area contributed by atoms with Gasteiger partial charge in [0.05, 0.1) is 32.5 Å². The summed E-state index contributed by atoms with van der Waals surface area (Å²) < 4.78 is 0. The Morgan fingerprint density at radius 2 is 1.54 bits per heavy atom. The largest absolute Gasteiger partial charge is 0.502 e. The molecule has 0 saturated carbocycles. The molecule has 130 valence electrons. The van der Waals surface area contributed by atoms with Crippen LogP contribution in [0.4, 0.5) is 17.1 Å². The third kappa shape index (κ3) is 3.60. The summed E-state index contributed by atoms with van der Waals surface area (Å²) in [4.78, 5) is 30.0. The lowest BCUT2D eigenvalue weighted by Crippen LogP contribution is -1.95. The van der Waals surface area contributed by atoms with Crippen LogP contribution in [0.3, 0.4) is 0 Å². The van der Waals surface area contributed by atoms with Crippen LogP contribution in [0.1, 0.15) is 11.1 Å². The number of hydrogen-bond donors (Lipinski definition) is 1. The molecule has 0 bridgehead atoms. The fourth-order valence-electron chi connectivity index (χ4n) is 2.08. The van der Waals surface area contributed by atoms with Crippen LogP contribution in [0.2, 0.25) is 0 Å². The van der Waals surface area contributed by atoms with Gasteiger partial charge in [0.2, 0.25) is 5.75 Å². The zero-order chi connectivity index (χ0) is 19.4. The van der Waals surface area contributed by atoms with Crippen molar-refractivity contribution in [2.75, 3.05) is 0 Å². The highest BCUT2D eigenvalue weighted by atomic mass is 16.6. The van der Waals surface area contributed by atoms with Crippen molar-refractivity contribution in [2.24, 2.45) is 0 Å². The first kappa shape index (κ1) is 18.0. The molecule has 0 fully saturated rings. The second-order valence-electron chi connectivity index (χ2n) is 4.89. The molecule has 0 radical (unpaired) electrons. The van der Waals surface area contributed by atoms with Gasteiger partial charge >= 0.3 is 5.69 Å². The van der Waals surface area contributed by atoms with Crippen molar-refractivity contribution in [3.8, 4) is 11.8 Å². The van der Waals surface area contributed by atoms with E-state index in [1.165, 1.54) is 12.1 Å². The van der Waals surface area contributed by atoms with Gasteiger partial charge in [-0.25, -0.2) is 0 Å². The summed E-state index contributed by atoms with van der Waals surface area (Å²) in [5.41, 5.74) is -1.91. The van der Waals surface area contributed by atoms with E-state index in [2.05, 4.69) is 0 Å². The number of nitro benzene ring substituents is 3. The molecule has 0 aliphatic rings. The normalized spacial score (nSPS) is 10.8. The van der Waals surface area contributed by atoms with Crippen molar-refractivity contribution < 1.29 is 19.9 Å². The summed E-state index contributed by atoms with van der Waals surface area (Å²) in [6.07, 6.45) is 1.02. The van der Waals surface area contributed by atoms with Crippen LogP contribution in [0.25, 0.3) is 11.6 Å². The Kier molecular flexibility index (Phi) is 4.89. The minimum absolute atomic E-state index is 0.106. The first-order chi connectivity index (χ1) is 12.2. The molecule has 11 heteroatoms. The summed E-state index contributed by atoms with van der Waals surface area (Å²) in [7, 11) is 0. The van der Waals surface area contributed by atoms with Crippen LogP contribution in [-0.4, -0.2) is 19.9 Å². The Hall–Kier alpha value is -4.33. The van der Waals surface area contributed by atoms with E-state index in [4.69, 9.17) is 0 Å². The summed E-state index contributed by atoms with van der Waals surface area (Å²) in [5.74, 6) is -0.838. The Bertz CT molecular complexity index is 990. The topological polar surface area (TPSA) is 173 Å². The van der Waals surface area contributed by atoms with Crippen LogP contribution in [0.15, 0.2) is 36.4 Å². The minimum atomic E-state index is -0.988. The number of hydrogen-bond acceptors (Lipinski definition) is 8. The zero-order valence-corrected chi connectivity index (χ0v) is 12.7. The van der Waals surface area contributed by atoms with E-state index < -0.39 is 31.9 Å². The molecule has 0 aromatic heterocycles. The number of phenolic OH excluding ortho intramolecular Hbond substituents is 1. The Balaban J connectivity index is 2.61. The molecule has 0 atom stereocenters. The number of aromatic hydroxyl groups is 1. The van der Waals surface area contributed by atoms with Crippen molar-refractivity contribution in [1.82, 2.24) is 0 Å². The molecule has 1 N–H and O–H groups in total. The van der Waals surface area contributed by atoms with Gasteiger partial charge in [0.15, 0.2) is 0 Å². The molecule has 11 nitrogen and oxygen atoms in total. The highest BCUT2D eigenvalue weighted by Gasteiger charge is 2.23. The van der Waals surface area contributed by atoms with Gasteiger partial charge in [0.25, 0.3) is 11.4 Å². The molecule has 0 spiro atoms. The van der Waals surface area contributed by atoms with E-state index in [9.17, 15) is 40.7 Å². The van der Waals surface area contributed by atoms with Crippen molar-refractivity contribution in [2.45, 2.75) is 0 Å². The fraction of sp³-hybridized carbons (Fsp3) is 0. The highest BCUT2D eigenvalue weighted by Crippen LogP contribution is 2.36. The number of allylic oxidation sites excluding steroid dienone is 1. The summed E-state index contributed by atoms with van der Waals surface area (Å²) in [5, 5.41) is 51.8. The quantitative estimate of drug-likeness (QED) is 0.368. The average Bonchev–Trinajstić information content (AvgIpc) is 2.60. The van der Waals surface area contributed by atoms with E-state index in [0.717, 1.165) is 24.3 Å².